The van der Waals surface area contributed by atoms with Crippen LogP contribution in [0.2, 0.25) is 0 Å². The van der Waals surface area contributed by atoms with Gasteiger partial charge < -0.3 is 10.8 Å². The van der Waals surface area contributed by atoms with Crippen molar-refractivity contribution >= 4 is 40.4 Å². The number of fused-ring (bicyclic) bond motifs is 1. The second-order valence-electron chi connectivity index (χ2n) is 6.78. The lowest BCUT2D eigenvalue weighted by Crippen LogP contribution is -2.31. The number of Topliss-reactive ketones (excluding diaryl/α,β-unsaturated/α-hetero) is 1. The molecule has 0 radical (unpaired) electrons. The monoisotopic (exact) mass is 467 g/mol. The third-order valence-electron chi connectivity index (χ3n) is 4.58. The highest BCUT2D eigenvalue weighted by molar-refractivity contribution is 7.91. The van der Waals surface area contributed by atoms with E-state index in [1.165, 1.54) is 53.0 Å². The minimum Gasteiger partial charge on any atom is -0.478 e. The zero-order chi connectivity index (χ0) is 24.1. The molecule has 10 heteroatoms. The average Bonchev–Trinajstić information content (AvgIpc) is 2.81. The van der Waals surface area contributed by atoms with Gasteiger partial charge in [0.1, 0.15) is 10.7 Å². The first-order chi connectivity index (χ1) is 15.7. The molecule has 0 spiro atoms. The summed E-state index contributed by atoms with van der Waals surface area (Å²) < 4.78 is 27.2. The molecule has 4 rings (SSSR count). The average molecular weight is 467 g/mol. The van der Waals surface area contributed by atoms with E-state index < -0.39 is 34.5 Å². The number of hydrogen-bond donors (Lipinski definition) is 2. The summed E-state index contributed by atoms with van der Waals surface area (Å²) >= 11 is 0. The maximum Gasteiger partial charge on any atom is 0.335 e. The molecule has 2 aromatic carbocycles. The third kappa shape index (κ3) is 5.36. The van der Waals surface area contributed by atoms with E-state index in [0.717, 1.165) is 0 Å². The van der Waals surface area contributed by atoms with Crippen molar-refractivity contribution in [2.24, 2.45) is 5.73 Å². The summed E-state index contributed by atoms with van der Waals surface area (Å²) in [7, 11) is -0.221. The van der Waals surface area contributed by atoms with Crippen LogP contribution in [-0.4, -0.2) is 39.0 Å². The Hall–Kier alpha value is -4.18. The lowest BCUT2D eigenvalue weighted by atomic mass is 10.0. The Labute approximate surface area is 190 Å². The normalized spacial score (nSPS) is 15.9. The second-order valence-corrected chi connectivity index (χ2v) is 8.27. The molecule has 1 aliphatic rings. The Morgan fingerprint density at radius 2 is 1.88 bits per heavy atom. The number of rotatable bonds is 3. The summed E-state index contributed by atoms with van der Waals surface area (Å²) in [5, 5.41) is 9.08. The van der Waals surface area contributed by atoms with E-state index in [0.29, 0.717) is 16.8 Å². The molecule has 8 nitrogen and oxygen atoms in total. The molecule has 0 fully saturated rings. The van der Waals surface area contributed by atoms with Crippen LogP contribution in [0.15, 0.2) is 71.9 Å². The van der Waals surface area contributed by atoms with E-state index in [4.69, 9.17) is 10.8 Å². The van der Waals surface area contributed by atoms with Crippen LogP contribution in [0.3, 0.4) is 0 Å². The van der Waals surface area contributed by atoms with Crippen molar-refractivity contribution in [3.8, 4) is 0 Å². The Kier molecular flexibility index (Phi) is 7.09. The molecule has 0 aliphatic carbocycles. The molecular weight excluding hydrogens is 449 g/mol. The van der Waals surface area contributed by atoms with Crippen molar-refractivity contribution < 1.29 is 28.1 Å². The lowest BCUT2D eigenvalue weighted by Gasteiger charge is -2.27. The molecule has 1 unspecified atom stereocenters. The molecule has 3 aromatic rings. The highest BCUT2D eigenvalue weighted by atomic mass is 32.2. The Morgan fingerprint density at radius 1 is 1.12 bits per heavy atom. The third-order valence-corrected chi connectivity index (χ3v) is 5.95. The second kappa shape index (κ2) is 9.96. The Morgan fingerprint density at radius 3 is 2.45 bits per heavy atom. The number of pyridine rings is 1. The fourth-order valence-corrected chi connectivity index (χ4v) is 4.08. The van der Waals surface area contributed by atoms with Gasteiger partial charge in [0.05, 0.1) is 16.8 Å². The highest BCUT2D eigenvalue weighted by Crippen LogP contribution is 2.33. The molecular formula is C23H18FN3O5S. The van der Waals surface area contributed by atoms with Crippen LogP contribution in [0.1, 0.15) is 36.6 Å². The predicted octanol–water partition coefficient (Wildman–Crippen LogP) is 3.04. The van der Waals surface area contributed by atoms with E-state index in [-0.39, 0.29) is 16.0 Å². The predicted molar refractivity (Wildman–Crippen MR) is 121 cm³/mol. The van der Waals surface area contributed by atoms with Crippen molar-refractivity contribution in [2.75, 3.05) is 11.4 Å². The van der Waals surface area contributed by atoms with Gasteiger partial charge in [-0.15, -0.1) is 0 Å². The molecule has 1 aliphatic heterocycles. The number of amides is 1. The largest absolute Gasteiger partial charge is 0.478 e. The van der Waals surface area contributed by atoms with Gasteiger partial charge in [-0.3, -0.25) is 18.9 Å². The van der Waals surface area contributed by atoms with Crippen LogP contribution in [0.4, 0.5) is 10.1 Å². The van der Waals surface area contributed by atoms with Gasteiger partial charge in [0.25, 0.3) is 0 Å². The first-order valence-electron chi connectivity index (χ1n) is 9.43. The number of carboxylic acids is 1. The summed E-state index contributed by atoms with van der Waals surface area (Å²) in [5.74, 6) is -2.60. The van der Waals surface area contributed by atoms with Gasteiger partial charge in [-0.25, -0.2) is 13.4 Å². The molecule has 1 aromatic heterocycles. The van der Waals surface area contributed by atoms with Crippen molar-refractivity contribution in [3.05, 3.63) is 100.0 Å². The number of aromatic nitrogens is 1. The van der Waals surface area contributed by atoms with Gasteiger partial charge in [0, 0.05) is 25.0 Å². The fraction of sp³-hybridized carbons (Fsp3) is 0.0435. The number of carbonyl (C=O) groups is 3. The number of ketones is 1. The number of nitrogens with zero attached hydrogens (tertiary/aromatic N) is 2. The summed E-state index contributed by atoms with van der Waals surface area (Å²) in [6.45, 7) is 0. The summed E-state index contributed by atoms with van der Waals surface area (Å²) in [4.78, 5) is 37.8. The molecule has 168 valence electrons. The van der Waals surface area contributed by atoms with Crippen molar-refractivity contribution in [2.45, 2.75) is 0 Å². The van der Waals surface area contributed by atoms with Gasteiger partial charge in [-0.2, -0.15) is 0 Å². The fourth-order valence-electron chi connectivity index (χ4n) is 2.95. The molecule has 1 amide bonds. The number of anilines is 1. The van der Waals surface area contributed by atoms with Crippen molar-refractivity contribution in [1.29, 1.82) is 0 Å². The maximum atomic E-state index is 13.3. The van der Waals surface area contributed by atoms with Gasteiger partial charge in [-0.1, -0.05) is 12.1 Å². The summed E-state index contributed by atoms with van der Waals surface area (Å²) in [6.07, 6.45) is 4.38. The SMILES string of the molecule is CN1c2ccc(C(=O)O)cc2C(=O)/C(=C\c2cccc(F)c2)S1=O.NC(=O)c1cccnc1. The van der Waals surface area contributed by atoms with Gasteiger partial charge in [0.15, 0.2) is 11.0 Å². The molecule has 0 saturated carbocycles. The Bertz CT molecular complexity index is 1290. The zero-order valence-corrected chi connectivity index (χ0v) is 18.1. The number of benzene rings is 2. The van der Waals surface area contributed by atoms with Gasteiger partial charge in [-0.05, 0) is 54.1 Å². The molecule has 3 N–H and O–H groups in total. The standard InChI is InChI=1S/C17H12FNO4S.C6H6N2O/c1-19-14-6-5-11(17(21)22)9-13(14)16(20)15(24(19)23)8-10-3-2-4-12(18)7-10;7-6(9)5-2-1-3-8-4-5/h2-9H,1H3,(H,21,22);1-4H,(H2,7,9)/b15-8+;. The zero-order valence-electron chi connectivity index (χ0n) is 17.3. The number of halogens is 1. The smallest absolute Gasteiger partial charge is 0.335 e. The van der Waals surface area contributed by atoms with Crippen LogP contribution < -0.4 is 10.0 Å². The number of allylic oxidation sites excluding steroid dienone is 1. The molecule has 0 saturated heterocycles. The maximum absolute atomic E-state index is 13.3. The minimum atomic E-state index is -1.76. The number of primary amides is 1. The van der Waals surface area contributed by atoms with E-state index in [9.17, 15) is 23.0 Å². The number of carboxylic acid groups (broad SMARTS) is 1. The van der Waals surface area contributed by atoms with Crippen LogP contribution in [0.25, 0.3) is 6.08 Å². The van der Waals surface area contributed by atoms with Gasteiger partial charge in [0.2, 0.25) is 11.7 Å². The molecule has 33 heavy (non-hydrogen) atoms. The quantitative estimate of drug-likeness (QED) is 0.570. The van der Waals surface area contributed by atoms with Crippen molar-refractivity contribution in [3.63, 3.8) is 0 Å². The number of hydrogen-bond acceptors (Lipinski definition) is 5. The minimum absolute atomic E-state index is 0.0295. The lowest BCUT2D eigenvalue weighted by molar-refractivity contribution is 0.0696. The number of nitrogens with two attached hydrogens (primary N) is 1. The van der Waals surface area contributed by atoms with Crippen molar-refractivity contribution in [1.82, 2.24) is 4.98 Å². The molecule has 2 heterocycles. The number of aromatic carboxylic acids is 1. The first-order valence-corrected chi connectivity index (χ1v) is 10.5. The van der Waals surface area contributed by atoms with Crippen LogP contribution in [-0.2, 0) is 11.0 Å². The molecule has 0 bridgehead atoms. The topological polar surface area (TPSA) is 131 Å². The molecule has 1 atom stereocenters. The summed E-state index contributed by atoms with van der Waals surface area (Å²) in [6, 6.07) is 12.9. The Balaban J connectivity index is 0.000000286. The number of carbonyl (C=O) groups excluding carboxylic acids is 2. The van der Waals surface area contributed by atoms with E-state index in [1.807, 2.05) is 0 Å². The highest BCUT2D eigenvalue weighted by Gasteiger charge is 2.32. The van der Waals surface area contributed by atoms with Gasteiger partial charge >= 0.3 is 5.97 Å². The van der Waals surface area contributed by atoms with E-state index in [1.54, 1.807) is 31.4 Å². The van der Waals surface area contributed by atoms with E-state index in [2.05, 4.69) is 4.98 Å². The van der Waals surface area contributed by atoms with E-state index >= 15 is 0 Å². The van der Waals surface area contributed by atoms with Crippen LogP contribution >= 0.6 is 0 Å². The summed E-state index contributed by atoms with van der Waals surface area (Å²) in [5.41, 5.74) is 6.28. The first kappa shape index (κ1) is 23.5. The van der Waals surface area contributed by atoms with Crippen LogP contribution in [0.5, 0.6) is 0 Å². The van der Waals surface area contributed by atoms with Crippen LogP contribution in [0, 0.1) is 5.82 Å².